The molecular weight excluding hydrogens is 420 g/mol. The number of likely N-dealkylation sites (tertiary alicyclic amines) is 1. The summed E-state index contributed by atoms with van der Waals surface area (Å²) in [7, 11) is 0. The number of amides is 2. The Bertz CT molecular complexity index is 768. The largest absolute Gasteiger partial charge is 0.444 e. The van der Waals surface area contributed by atoms with E-state index in [4.69, 9.17) is 4.42 Å². The van der Waals surface area contributed by atoms with Gasteiger partial charge in [0.25, 0.3) is 5.91 Å². The van der Waals surface area contributed by atoms with Crippen LogP contribution in [0.15, 0.2) is 26.6 Å². The Morgan fingerprint density at radius 2 is 2.15 bits per heavy atom. The number of carbonyl (C=O) groups is 2. The average molecular weight is 441 g/mol. The van der Waals surface area contributed by atoms with Gasteiger partial charge in [0.15, 0.2) is 15.6 Å². The van der Waals surface area contributed by atoms with Gasteiger partial charge in [-0.2, -0.15) is 0 Å². The first-order valence-electron chi connectivity index (χ1n) is 8.50. The summed E-state index contributed by atoms with van der Waals surface area (Å²) in [5.74, 6) is 0.188. The minimum atomic E-state index is -0.440. The van der Waals surface area contributed by atoms with Crippen molar-refractivity contribution in [1.29, 1.82) is 0 Å². The van der Waals surface area contributed by atoms with Crippen molar-refractivity contribution in [2.24, 2.45) is 5.92 Å². The molecule has 1 fully saturated rings. The molecule has 0 saturated carbocycles. The number of hydrogen-bond acceptors (Lipinski definition) is 6. The van der Waals surface area contributed by atoms with Crippen LogP contribution in [0.5, 0.6) is 0 Å². The molecule has 140 valence electrons. The topological polar surface area (TPSA) is 87.5 Å². The van der Waals surface area contributed by atoms with Gasteiger partial charge >= 0.3 is 0 Å². The maximum absolute atomic E-state index is 12.0. The highest BCUT2D eigenvalue weighted by molar-refractivity contribution is 9.10. The van der Waals surface area contributed by atoms with E-state index in [0.29, 0.717) is 9.80 Å². The van der Waals surface area contributed by atoms with Gasteiger partial charge in [-0.1, -0.05) is 6.92 Å². The van der Waals surface area contributed by atoms with Gasteiger partial charge in [-0.25, -0.2) is 4.98 Å². The molecule has 2 N–H and O–H groups in total. The fraction of sp³-hybridized carbons (Fsp3) is 0.471. The second-order valence-corrected chi connectivity index (χ2v) is 8.08. The summed E-state index contributed by atoms with van der Waals surface area (Å²) in [6.45, 7) is 5.14. The summed E-state index contributed by atoms with van der Waals surface area (Å²) in [5, 5.41) is 7.74. The van der Waals surface area contributed by atoms with Gasteiger partial charge < -0.3 is 15.1 Å². The number of hydrogen-bond donors (Lipinski definition) is 2. The van der Waals surface area contributed by atoms with Crippen molar-refractivity contribution < 1.29 is 14.0 Å². The van der Waals surface area contributed by atoms with E-state index in [-0.39, 0.29) is 18.2 Å². The molecule has 2 aromatic heterocycles. The Kier molecular flexibility index (Phi) is 6.44. The molecule has 0 spiro atoms. The summed E-state index contributed by atoms with van der Waals surface area (Å²) >= 11 is 4.52. The van der Waals surface area contributed by atoms with E-state index in [1.54, 1.807) is 6.07 Å². The third kappa shape index (κ3) is 5.39. The Morgan fingerprint density at radius 1 is 1.38 bits per heavy atom. The molecule has 26 heavy (non-hydrogen) atoms. The number of aromatic nitrogens is 1. The van der Waals surface area contributed by atoms with Crippen molar-refractivity contribution in [1.82, 2.24) is 15.2 Å². The van der Waals surface area contributed by atoms with Crippen molar-refractivity contribution in [2.75, 3.05) is 25.0 Å². The smallest absolute Gasteiger partial charge is 0.287 e. The zero-order valence-electron chi connectivity index (χ0n) is 14.5. The van der Waals surface area contributed by atoms with Crippen LogP contribution in [0.3, 0.4) is 0 Å². The molecule has 0 radical (unpaired) electrons. The summed E-state index contributed by atoms with van der Waals surface area (Å²) in [4.78, 5) is 30.7. The zero-order chi connectivity index (χ0) is 18.5. The van der Waals surface area contributed by atoms with Gasteiger partial charge in [-0.3, -0.25) is 14.5 Å². The number of halogens is 1. The van der Waals surface area contributed by atoms with Gasteiger partial charge in [0.2, 0.25) is 5.91 Å². The van der Waals surface area contributed by atoms with E-state index in [2.05, 4.69) is 43.4 Å². The Hall–Kier alpha value is -1.71. The predicted octanol–water partition coefficient (Wildman–Crippen LogP) is 3.10. The van der Waals surface area contributed by atoms with E-state index >= 15 is 0 Å². The van der Waals surface area contributed by atoms with E-state index in [1.165, 1.54) is 30.2 Å². The normalized spacial score (nSPS) is 15.8. The SMILES string of the molecule is CC1CCN(Cc2csc(NC(=O)CNC(=O)c3ccc(Br)o3)n2)CC1. The molecule has 0 aromatic carbocycles. The fourth-order valence-electron chi connectivity index (χ4n) is 2.73. The lowest BCUT2D eigenvalue weighted by atomic mass is 9.99. The lowest BCUT2D eigenvalue weighted by molar-refractivity contribution is -0.115. The highest BCUT2D eigenvalue weighted by Crippen LogP contribution is 2.21. The molecule has 1 aliphatic rings. The number of nitrogens with one attached hydrogen (secondary N) is 2. The van der Waals surface area contributed by atoms with E-state index in [0.717, 1.165) is 31.2 Å². The van der Waals surface area contributed by atoms with Crippen LogP contribution >= 0.6 is 27.3 Å². The quantitative estimate of drug-likeness (QED) is 0.720. The monoisotopic (exact) mass is 440 g/mol. The van der Waals surface area contributed by atoms with E-state index < -0.39 is 5.91 Å². The minimum absolute atomic E-state index is 0.143. The van der Waals surface area contributed by atoms with Crippen molar-refractivity contribution >= 4 is 44.2 Å². The molecule has 3 heterocycles. The highest BCUT2D eigenvalue weighted by Gasteiger charge is 2.17. The molecule has 2 aromatic rings. The zero-order valence-corrected chi connectivity index (χ0v) is 16.9. The molecule has 9 heteroatoms. The molecule has 1 aliphatic heterocycles. The van der Waals surface area contributed by atoms with Gasteiger partial charge in [0.1, 0.15) is 0 Å². The third-order valence-electron chi connectivity index (χ3n) is 4.27. The fourth-order valence-corrected chi connectivity index (χ4v) is 3.76. The van der Waals surface area contributed by atoms with Crippen LogP contribution in [-0.2, 0) is 11.3 Å². The van der Waals surface area contributed by atoms with Crippen molar-refractivity contribution in [2.45, 2.75) is 26.3 Å². The van der Waals surface area contributed by atoms with Gasteiger partial charge in [-0.15, -0.1) is 11.3 Å². The molecule has 0 atom stereocenters. The summed E-state index contributed by atoms with van der Waals surface area (Å²) in [6.07, 6.45) is 2.44. The second-order valence-electron chi connectivity index (χ2n) is 6.44. The molecule has 0 bridgehead atoms. The first-order valence-corrected chi connectivity index (χ1v) is 10.2. The number of piperidine rings is 1. The minimum Gasteiger partial charge on any atom is -0.444 e. The standard InChI is InChI=1S/C17H21BrN4O3S/c1-11-4-6-22(7-5-11)9-12-10-26-17(20-12)21-15(23)8-19-16(24)13-2-3-14(18)25-13/h2-3,10-11H,4-9H2,1H3,(H,19,24)(H,20,21,23). The molecule has 7 nitrogen and oxygen atoms in total. The first kappa shape index (κ1) is 19.1. The van der Waals surface area contributed by atoms with Gasteiger partial charge in [-0.05, 0) is 59.9 Å². The van der Waals surface area contributed by atoms with Crippen LogP contribution in [0.2, 0.25) is 0 Å². The van der Waals surface area contributed by atoms with Crippen LogP contribution in [-0.4, -0.2) is 41.3 Å². The number of nitrogens with zero attached hydrogens (tertiary/aromatic N) is 2. The number of anilines is 1. The number of thiazole rings is 1. The predicted molar refractivity (Wildman–Crippen MR) is 103 cm³/mol. The highest BCUT2D eigenvalue weighted by atomic mass is 79.9. The third-order valence-corrected chi connectivity index (χ3v) is 5.50. The molecule has 2 amide bonds. The summed E-state index contributed by atoms with van der Waals surface area (Å²) < 4.78 is 5.60. The van der Waals surface area contributed by atoms with Crippen molar-refractivity contribution in [3.63, 3.8) is 0 Å². The van der Waals surface area contributed by atoms with Crippen LogP contribution in [0.1, 0.15) is 36.0 Å². The Balaban J connectivity index is 1.43. The average Bonchev–Trinajstić information content (AvgIpc) is 3.24. The maximum Gasteiger partial charge on any atom is 0.287 e. The van der Waals surface area contributed by atoms with Gasteiger partial charge in [0, 0.05) is 11.9 Å². The summed E-state index contributed by atoms with van der Waals surface area (Å²) in [5.41, 5.74) is 0.962. The second kappa shape index (κ2) is 8.79. The van der Waals surface area contributed by atoms with Crippen LogP contribution < -0.4 is 10.6 Å². The lowest BCUT2D eigenvalue weighted by Gasteiger charge is -2.29. The molecule has 3 rings (SSSR count). The van der Waals surface area contributed by atoms with Crippen LogP contribution in [0.25, 0.3) is 0 Å². The number of furan rings is 1. The number of rotatable bonds is 6. The van der Waals surface area contributed by atoms with Gasteiger partial charge in [0.05, 0.1) is 12.2 Å². The maximum atomic E-state index is 12.0. The Morgan fingerprint density at radius 3 is 2.85 bits per heavy atom. The van der Waals surface area contributed by atoms with Crippen molar-refractivity contribution in [3.05, 3.63) is 33.6 Å². The first-order chi connectivity index (χ1) is 12.5. The number of carbonyl (C=O) groups excluding carboxylic acids is 2. The lowest BCUT2D eigenvalue weighted by Crippen LogP contribution is -2.33. The van der Waals surface area contributed by atoms with E-state index in [9.17, 15) is 9.59 Å². The molecule has 0 unspecified atom stereocenters. The molecule has 0 aliphatic carbocycles. The molecule has 1 saturated heterocycles. The summed E-state index contributed by atoms with van der Waals surface area (Å²) in [6, 6.07) is 3.15. The van der Waals surface area contributed by atoms with E-state index in [1.807, 2.05) is 5.38 Å². The molecular formula is C17H21BrN4O3S. The van der Waals surface area contributed by atoms with Crippen LogP contribution in [0.4, 0.5) is 5.13 Å². The van der Waals surface area contributed by atoms with Crippen LogP contribution in [0, 0.1) is 5.92 Å². The Labute approximate surface area is 164 Å². The van der Waals surface area contributed by atoms with Crippen molar-refractivity contribution in [3.8, 4) is 0 Å².